The van der Waals surface area contributed by atoms with Crippen molar-refractivity contribution in [3.63, 3.8) is 0 Å². The quantitative estimate of drug-likeness (QED) is 0.510. The van der Waals surface area contributed by atoms with Crippen molar-refractivity contribution in [3.8, 4) is 17.2 Å². The summed E-state index contributed by atoms with van der Waals surface area (Å²) in [5, 5.41) is 6.86. The van der Waals surface area contributed by atoms with Gasteiger partial charge in [0.1, 0.15) is 12.4 Å². The molecule has 5 nitrogen and oxygen atoms in total. The molecular weight excluding hydrogens is 348 g/mol. The number of benzene rings is 2. The van der Waals surface area contributed by atoms with Gasteiger partial charge in [-0.15, -0.1) is 0 Å². The average molecular weight is 372 g/mol. The Morgan fingerprint density at radius 2 is 2.00 bits per heavy atom. The van der Waals surface area contributed by atoms with E-state index in [1.807, 2.05) is 49.4 Å². The van der Waals surface area contributed by atoms with E-state index in [2.05, 4.69) is 17.2 Å². The Bertz CT molecular complexity index is 750. The summed E-state index contributed by atoms with van der Waals surface area (Å²) in [6.45, 7) is 7.20. The first kappa shape index (κ1) is 19.6. The highest BCUT2D eigenvalue weighted by atomic mass is 32.1. The molecule has 0 aliphatic heterocycles. The lowest BCUT2D eigenvalue weighted by Gasteiger charge is -2.14. The maximum Gasteiger partial charge on any atom is 0.171 e. The molecule has 138 valence electrons. The summed E-state index contributed by atoms with van der Waals surface area (Å²) in [4.78, 5) is 0. The summed E-state index contributed by atoms with van der Waals surface area (Å²) in [5.74, 6) is 2.20. The van der Waals surface area contributed by atoms with Crippen LogP contribution in [0.4, 0.5) is 5.69 Å². The summed E-state index contributed by atoms with van der Waals surface area (Å²) in [6, 6.07) is 13.4. The van der Waals surface area contributed by atoms with Crippen LogP contribution in [0.2, 0.25) is 0 Å². The zero-order valence-electron chi connectivity index (χ0n) is 15.1. The molecule has 0 heterocycles. The molecule has 0 aromatic heterocycles. The molecule has 26 heavy (non-hydrogen) atoms. The van der Waals surface area contributed by atoms with Crippen LogP contribution in [0.5, 0.6) is 17.2 Å². The van der Waals surface area contributed by atoms with E-state index in [1.54, 1.807) is 13.2 Å². The highest BCUT2D eigenvalue weighted by molar-refractivity contribution is 7.80. The Labute approximate surface area is 160 Å². The number of ether oxygens (including phenoxy) is 3. The molecule has 0 atom stereocenters. The maximum atomic E-state index is 5.59. The first-order chi connectivity index (χ1) is 12.7. The second-order valence-electron chi connectivity index (χ2n) is 5.35. The Kier molecular flexibility index (Phi) is 7.76. The van der Waals surface area contributed by atoms with Gasteiger partial charge in [0.25, 0.3) is 0 Å². The number of hydrogen-bond acceptors (Lipinski definition) is 4. The van der Waals surface area contributed by atoms with Gasteiger partial charge in [0.05, 0.1) is 13.7 Å². The number of anilines is 1. The normalized spacial score (nSPS) is 9.92. The van der Waals surface area contributed by atoms with Crippen LogP contribution in [-0.2, 0) is 6.54 Å². The van der Waals surface area contributed by atoms with Crippen molar-refractivity contribution >= 4 is 23.0 Å². The minimum absolute atomic E-state index is 0.464. The predicted octanol–water partition coefficient (Wildman–Crippen LogP) is 4.15. The van der Waals surface area contributed by atoms with E-state index >= 15 is 0 Å². The topological polar surface area (TPSA) is 51.8 Å². The van der Waals surface area contributed by atoms with Crippen LogP contribution in [0.3, 0.4) is 0 Å². The lowest BCUT2D eigenvalue weighted by molar-refractivity contribution is 0.310. The molecule has 2 aromatic carbocycles. The van der Waals surface area contributed by atoms with E-state index in [0.29, 0.717) is 30.6 Å². The molecule has 2 N–H and O–H groups in total. The van der Waals surface area contributed by atoms with E-state index < -0.39 is 0 Å². The van der Waals surface area contributed by atoms with E-state index in [1.165, 1.54) is 0 Å². The molecular formula is C20H24N2O3S. The van der Waals surface area contributed by atoms with Gasteiger partial charge >= 0.3 is 0 Å². The van der Waals surface area contributed by atoms with E-state index in [-0.39, 0.29) is 0 Å². The fourth-order valence-electron chi connectivity index (χ4n) is 2.28. The van der Waals surface area contributed by atoms with Crippen LogP contribution in [-0.4, -0.2) is 25.4 Å². The van der Waals surface area contributed by atoms with Crippen LogP contribution in [0, 0.1) is 0 Å². The molecule has 0 spiro atoms. The van der Waals surface area contributed by atoms with Crippen molar-refractivity contribution in [2.75, 3.05) is 25.6 Å². The lowest BCUT2D eigenvalue weighted by atomic mass is 10.2. The standard InChI is InChI=1S/C20H24N2O3S/c1-4-11-25-17-8-6-7-16(13-17)22-20(26)21-14-15-9-10-18(23-3)19(12-15)24-5-2/h4,6-10,12-13H,1,5,11,14H2,2-3H3,(H2,21,22,26). The molecule has 0 bridgehead atoms. The SMILES string of the molecule is C=CCOc1cccc(NC(=S)NCc2ccc(OC)c(OCC)c2)c1. The van der Waals surface area contributed by atoms with Crippen molar-refractivity contribution in [1.82, 2.24) is 5.32 Å². The second kappa shape index (κ2) is 10.3. The monoisotopic (exact) mass is 372 g/mol. The highest BCUT2D eigenvalue weighted by Crippen LogP contribution is 2.28. The van der Waals surface area contributed by atoms with Gasteiger partial charge in [0.15, 0.2) is 16.6 Å². The number of hydrogen-bond donors (Lipinski definition) is 2. The summed E-state index contributed by atoms with van der Waals surface area (Å²) >= 11 is 5.36. The van der Waals surface area contributed by atoms with E-state index in [9.17, 15) is 0 Å². The van der Waals surface area contributed by atoms with Crippen molar-refractivity contribution in [2.24, 2.45) is 0 Å². The molecule has 0 radical (unpaired) electrons. The Balaban J connectivity index is 1.92. The van der Waals surface area contributed by atoms with Gasteiger partial charge in [-0.1, -0.05) is 24.8 Å². The molecule has 0 aliphatic carbocycles. The van der Waals surface area contributed by atoms with Gasteiger partial charge in [-0.3, -0.25) is 0 Å². The third-order valence-electron chi connectivity index (χ3n) is 3.44. The number of methoxy groups -OCH3 is 1. The first-order valence-corrected chi connectivity index (χ1v) is 8.75. The van der Waals surface area contributed by atoms with Crippen LogP contribution in [0.15, 0.2) is 55.1 Å². The molecule has 6 heteroatoms. The zero-order valence-corrected chi connectivity index (χ0v) is 15.9. The Morgan fingerprint density at radius 3 is 2.73 bits per heavy atom. The highest BCUT2D eigenvalue weighted by Gasteiger charge is 2.06. The van der Waals surface area contributed by atoms with Crippen molar-refractivity contribution < 1.29 is 14.2 Å². The molecule has 0 aliphatic rings. The Hall–Kier alpha value is -2.73. The van der Waals surface area contributed by atoms with Gasteiger partial charge in [-0.25, -0.2) is 0 Å². The fraction of sp³-hybridized carbons (Fsp3) is 0.250. The minimum atomic E-state index is 0.464. The molecule has 0 unspecified atom stereocenters. The number of nitrogens with one attached hydrogen (secondary N) is 2. The molecule has 0 amide bonds. The lowest BCUT2D eigenvalue weighted by Crippen LogP contribution is -2.27. The predicted molar refractivity (Wildman–Crippen MR) is 109 cm³/mol. The summed E-state index contributed by atoms with van der Waals surface area (Å²) in [7, 11) is 1.63. The molecule has 0 fully saturated rings. The van der Waals surface area contributed by atoms with Crippen molar-refractivity contribution in [1.29, 1.82) is 0 Å². The summed E-state index contributed by atoms with van der Waals surface area (Å²) in [5.41, 5.74) is 1.90. The average Bonchev–Trinajstić information content (AvgIpc) is 2.65. The second-order valence-corrected chi connectivity index (χ2v) is 5.76. The number of thiocarbonyl (C=S) groups is 1. The molecule has 2 aromatic rings. The van der Waals surface area contributed by atoms with Crippen LogP contribution in [0.1, 0.15) is 12.5 Å². The van der Waals surface area contributed by atoms with E-state index in [4.69, 9.17) is 26.4 Å². The third kappa shape index (κ3) is 5.97. The minimum Gasteiger partial charge on any atom is -0.493 e. The van der Waals surface area contributed by atoms with E-state index in [0.717, 1.165) is 22.7 Å². The van der Waals surface area contributed by atoms with Gasteiger partial charge in [0, 0.05) is 18.3 Å². The zero-order chi connectivity index (χ0) is 18.8. The van der Waals surface area contributed by atoms with Crippen LogP contribution in [0.25, 0.3) is 0 Å². The summed E-state index contributed by atoms with van der Waals surface area (Å²) in [6.07, 6.45) is 1.71. The number of rotatable bonds is 9. The van der Waals surface area contributed by atoms with Crippen molar-refractivity contribution in [3.05, 3.63) is 60.7 Å². The van der Waals surface area contributed by atoms with Crippen LogP contribution < -0.4 is 24.8 Å². The smallest absolute Gasteiger partial charge is 0.171 e. The largest absolute Gasteiger partial charge is 0.493 e. The molecule has 0 saturated heterocycles. The summed E-state index contributed by atoms with van der Waals surface area (Å²) < 4.78 is 16.4. The van der Waals surface area contributed by atoms with Gasteiger partial charge in [-0.2, -0.15) is 0 Å². The molecule has 2 rings (SSSR count). The fourth-order valence-corrected chi connectivity index (χ4v) is 2.47. The van der Waals surface area contributed by atoms with Crippen molar-refractivity contribution in [2.45, 2.75) is 13.5 Å². The molecule has 0 saturated carbocycles. The third-order valence-corrected chi connectivity index (χ3v) is 3.69. The first-order valence-electron chi connectivity index (χ1n) is 8.34. The maximum absolute atomic E-state index is 5.59. The Morgan fingerprint density at radius 1 is 1.15 bits per heavy atom. The van der Waals surface area contributed by atoms with Gasteiger partial charge < -0.3 is 24.8 Å². The van der Waals surface area contributed by atoms with Gasteiger partial charge in [-0.05, 0) is 49.0 Å². The van der Waals surface area contributed by atoms with Gasteiger partial charge in [0.2, 0.25) is 0 Å². The van der Waals surface area contributed by atoms with Crippen LogP contribution >= 0.6 is 12.2 Å².